The first kappa shape index (κ1) is 13.9. The average molecular weight is 201 g/mol. The average Bonchev–Trinajstić information content (AvgIpc) is 2.21. The van der Waals surface area contributed by atoms with Gasteiger partial charge in [0.15, 0.2) is 0 Å². The summed E-state index contributed by atoms with van der Waals surface area (Å²) >= 11 is 0. The van der Waals surface area contributed by atoms with Gasteiger partial charge in [0.2, 0.25) is 0 Å². The molecule has 0 aliphatic rings. The maximum Gasteiger partial charge on any atom is 0.0619 e. The Kier molecular flexibility index (Phi) is 10.9. The van der Waals surface area contributed by atoms with Crippen LogP contribution in [0, 0.1) is 0 Å². The second-order valence-corrected chi connectivity index (χ2v) is 3.81. The summed E-state index contributed by atoms with van der Waals surface area (Å²) in [6, 6.07) is 0.571. The third-order valence-corrected chi connectivity index (χ3v) is 2.36. The largest absolute Gasteiger partial charge is 0.380 e. The zero-order valence-corrected chi connectivity index (χ0v) is 10.1. The molecule has 0 aromatic rings. The molecule has 0 aliphatic carbocycles. The van der Waals surface area contributed by atoms with Gasteiger partial charge in [-0.15, -0.1) is 0 Å². The lowest BCUT2D eigenvalue weighted by Gasteiger charge is -2.17. The van der Waals surface area contributed by atoms with E-state index in [1.165, 1.54) is 32.1 Å². The zero-order valence-electron chi connectivity index (χ0n) is 10.1. The third-order valence-electron chi connectivity index (χ3n) is 2.36. The summed E-state index contributed by atoms with van der Waals surface area (Å²) in [5.74, 6) is 0. The van der Waals surface area contributed by atoms with Crippen LogP contribution in [0.3, 0.4) is 0 Å². The van der Waals surface area contributed by atoms with E-state index in [1.54, 1.807) is 0 Å². The Balaban J connectivity index is 3.49. The molecule has 2 nitrogen and oxygen atoms in total. The highest BCUT2D eigenvalue weighted by Gasteiger charge is 2.06. The molecule has 0 radical (unpaired) electrons. The first-order chi connectivity index (χ1) is 6.85. The molecule has 1 atom stereocenters. The summed E-state index contributed by atoms with van der Waals surface area (Å²) in [7, 11) is 0. The van der Waals surface area contributed by atoms with Crippen molar-refractivity contribution in [3.8, 4) is 0 Å². The van der Waals surface area contributed by atoms with Crippen LogP contribution in [0.2, 0.25) is 0 Å². The lowest BCUT2D eigenvalue weighted by Crippen LogP contribution is -2.34. The summed E-state index contributed by atoms with van der Waals surface area (Å²) in [6.07, 6.45) is 6.43. The highest BCUT2D eigenvalue weighted by atomic mass is 16.5. The zero-order chi connectivity index (χ0) is 10.6. The fourth-order valence-electron chi connectivity index (χ4n) is 1.49. The van der Waals surface area contributed by atoms with Crippen molar-refractivity contribution >= 4 is 0 Å². The van der Waals surface area contributed by atoms with Crippen LogP contribution >= 0.6 is 0 Å². The molecule has 0 bridgehead atoms. The summed E-state index contributed by atoms with van der Waals surface area (Å²) in [4.78, 5) is 0. The Morgan fingerprint density at radius 3 is 2.43 bits per heavy atom. The van der Waals surface area contributed by atoms with Crippen LogP contribution in [0.5, 0.6) is 0 Å². The van der Waals surface area contributed by atoms with E-state index >= 15 is 0 Å². The number of hydrogen-bond acceptors (Lipinski definition) is 2. The lowest BCUT2D eigenvalue weighted by molar-refractivity contribution is 0.119. The van der Waals surface area contributed by atoms with Crippen molar-refractivity contribution in [3.63, 3.8) is 0 Å². The van der Waals surface area contributed by atoms with Crippen molar-refractivity contribution < 1.29 is 4.74 Å². The van der Waals surface area contributed by atoms with Crippen LogP contribution in [-0.4, -0.2) is 25.8 Å². The molecule has 1 unspecified atom stereocenters. The van der Waals surface area contributed by atoms with E-state index in [4.69, 9.17) is 4.74 Å². The standard InChI is InChI=1S/C12H27NO/c1-4-7-8-9-12(11-14-6-3)13-10-5-2/h12-13H,4-11H2,1-3H3. The van der Waals surface area contributed by atoms with E-state index in [1.807, 2.05) is 0 Å². The predicted molar refractivity (Wildman–Crippen MR) is 62.7 cm³/mol. The molecule has 1 N–H and O–H groups in total. The van der Waals surface area contributed by atoms with Gasteiger partial charge in [-0.3, -0.25) is 0 Å². The molecule has 86 valence electrons. The first-order valence-corrected chi connectivity index (χ1v) is 6.16. The molecule has 0 aromatic carbocycles. The molecule has 0 saturated carbocycles. The fourth-order valence-corrected chi connectivity index (χ4v) is 1.49. The van der Waals surface area contributed by atoms with E-state index in [9.17, 15) is 0 Å². The van der Waals surface area contributed by atoms with Gasteiger partial charge in [-0.25, -0.2) is 0 Å². The van der Waals surface area contributed by atoms with Crippen molar-refractivity contribution in [2.24, 2.45) is 0 Å². The molecular formula is C12H27NO. The van der Waals surface area contributed by atoms with E-state index < -0.39 is 0 Å². The second kappa shape index (κ2) is 11.0. The van der Waals surface area contributed by atoms with Gasteiger partial charge in [0, 0.05) is 12.6 Å². The SMILES string of the molecule is CCCCCC(COCC)NCCC. The van der Waals surface area contributed by atoms with Crippen molar-refractivity contribution in [1.29, 1.82) is 0 Å². The predicted octanol–water partition coefficient (Wildman–Crippen LogP) is 2.97. The van der Waals surface area contributed by atoms with Crippen molar-refractivity contribution in [1.82, 2.24) is 5.32 Å². The molecule has 0 aliphatic heterocycles. The highest BCUT2D eigenvalue weighted by molar-refractivity contribution is 4.65. The van der Waals surface area contributed by atoms with Crippen molar-refractivity contribution in [3.05, 3.63) is 0 Å². The fraction of sp³-hybridized carbons (Fsp3) is 1.00. The number of ether oxygens (including phenoxy) is 1. The maximum absolute atomic E-state index is 5.46. The van der Waals surface area contributed by atoms with E-state index in [2.05, 4.69) is 26.1 Å². The van der Waals surface area contributed by atoms with Gasteiger partial charge in [-0.05, 0) is 26.3 Å². The number of nitrogens with one attached hydrogen (secondary N) is 1. The molecule has 0 aromatic heterocycles. The molecule has 2 heteroatoms. The molecule has 0 saturated heterocycles. The Labute approximate surface area is 89.4 Å². The number of unbranched alkanes of at least 4 members (excludes halogenated alkanes) is 2. The molecule has 0 spiro atoms. The van der Waals surface area contributed by atoms with Crippen molar-refractivity contribution in [2.75, 3.05) is 19.8 Å². The Hall–Kier alpha value is -0.0800. The van der Waals surface area contributed by atoms with Crippen LogP contribution in [0.25, 0.3) is 0 Å². The molecule has 0 amide bonds. The lowest BCUT2D eigenvalue weighted by atomic mass is 10.1. The van der Waals surface area contributed by atoms with Gasteiger partial charge in [-0.1, -0.05) is 33.1 Å². The third kappa shape index (κ3) is 8.52. The van der Waals surface area contributed by atoms with E-state index in [0.29, 0.717) is 6.04 Å². The molecule has 14 heavy (non-hydrogen) atoms. The normalized spacial score (nSPS) is 13.1. The summed E-state index contributed by atoms with van der Waals surface area (Å²) in [6.45, 7) is 9.33. The van der Waals surface area contributed by atoms with Crippen LogP contribution in [0.4, 0.5) is 0 Å². The number of rotatable bonds is 10. The minimum Gasteiger partial charge on any atom is -0.380 e. The van der Waals surface area contributed by atoms with Gasteiger partial charge in [0.05, 0.1) is 6.61 Å². The van der Waals surface area contributed by atoms with Crippen LogP contribution in [0.1, 0.15) is 52.9 Å². The van der Waals surface area contributed by atoms with Gasteiger partial charge < -0.3 is 10.1 Å². The quantitative estimate of drug-likeness (QED) is 0.549. The highest BCUT2D eigenvalue weighted by Crippen LogP contribution is 2.04. The first-order valence-electron chi connectivity index (χ1n) is 6.16. The van der Waals surface area contributed by atoms with Gasteiger partial charge in [0.25, 0.3) is 0 Å². The monoisotopic (exact) mass is 201 g/mol. The molecule has 0 heterocycles. The Bertz CT molecular complexity index is 98.5. The molecular weight excluding hydrogens is 174 g/mol. The summed E-state index contributed by atoms with van der Waals surface area (Å²) < 4.78 is 5.46. The number of hydrogen-bond donors (Lipinski definition) is 1. The smallest absolute Gasteiger partial charge is 0.0619 e. The molecule has 0 fully saturated rings. The minimum atomic E-state index is 0.571. The van der Waals surface area contributed by atoms with Gasteiger partial charge in [0.1, 0.15) is 0 Å². The summed E-state index contributed by atoms with van der Waals surface area (Å²) in [5.41, 5.74) is 0. The Morgan fingerprint density at radius 2 is 1.86 bits per heavy atom. The molecule has 0 rings (SSSR count). The minimum absolute atomic E-state index is 0.571. The van der Waals surface area contributed by atoms with Crippen molar-refractivity contribution in [2.45, 2.75) is 58.9 Å². The van der Waals surface area contributed by atoms with Crippen LogP contribution in [-0.2, 0) is 4.74 Å². The Morgan fingerprint density at radius 1 is 1.07 bits per heavy atom. The van der Waals surface area contributed by atoms with Crippen LogP contribution < -0.4 is 5.32 Å². The van der Waals surface area contributed by atoms with Crippen LogP contribution in [0.15, 0.2) is 0 Å². The topological polar surface area (TPSA) is 21.3 Å². The van der Waals surface area contributed by atoms with Gasteiger partial charge in [-0.2, -0.15) is 0 Å². The maximum atomic E-state index is 5.46. The van der Waals surface area contributed by atoms with E-state index in [-0.39, 0.29) is 0 Å². The van der Waals surface area contributed by atoms with Gasteiger partial charge >= 0.3 is 0 Å². The van der Waals surface area contributed by atoms with E-state index in [0.717, 1.165) is 19.8 Å². The summed E-state index contributed by atoms with van der Waals surface area (Å²) in [5, 5.41) is 3.54. The second-order valence-electron chi connectivity index (χ2n) is 3.81.